The van der Waals surface area contributed by atoms with Gasteiger partial charge in [-0.15, -0.1) is 0 Å². The summed E-state index contributed by atoms with van der Waals surface area (Å²) in [5, 5.41) is 0. The van der Waals surface area contributed by atoms with E-state index in [1.54, 1.807) is 12.1 Å². The third-order valence-corrected chi connectivity index (χ3v) is 6.37. The second-order valence-corrected chi connectivity index (χ2v) is 9.48. The number of benzene rings is 2. The Morgan fingerprint density at radius 1 is 0.857 bits per heavy atom. The summed E-state index contributed by atoms with van der Waals surface area (Å²) in [4.78, 5) is 16.9. The summed E-state index contributed by atoms with van der Waals surface area (Å²) in [5.74, 6) is -0.508. The zero-order chi connectivity index (χ0) is 25.1. The first-order chi connectivity index (χ1) is 16.9. The summed E-state index contributed by atoms with van der Waals surface area (Å²) in [5.41, 5.74) is 3.29. The molecule has 0 amide bonds. The fraction of sp³-hybridized carbons (Fsp3) is 0.419. The molecule has 0 saturated heterocycles. The van der Waals surface area contributed by atoms with Crippen molar-refractivity contribution in [2.24, 2.45) is 0 Å². The van der Waals surface area contributed by atoms with Gasteiger partial charge in [0.15, 0.2) is 0 Å². The van der Waals surface area contributed by atoms with E-state index in [2.05, 4.69) is 31.2 Å². The number of pyridine rings is 1. The Morgan fingerprint density at radius 2 is 1.54 bits per heavy atom. The Balaban J connectivity index is 1.67. The molecular formula is C31H38FNO2. The van der Waals surface area contributed by atoms with Crippen LogP contribution in [0.1, 0.15) is 77.7 Å². The second-order valence-electron chi connectivity index (χ2n) is 9.48. The fourth-order valence-corrected chi connectivity index (χ4v) is 4.29. The molecule has 35 heavy (non-hydrogen) atoms. The van der Waals surface area contributed by atoms with Crippen molar-refractivity contribution in [3.8, 4) is 28.1 Å². The third-order valence-electron chi connectivity index (χ3n) is 6.37. The molecule has 0 aliphatic carbocycles. The first-order valence-corrected chi connectivity index (χ1v) is 13.0. The predicted molar refractivity (Wildman–Crippen MR) is 142 cm³/mol. The van der Waals surface area contributed by atoms with Gasteiger partial charge in [0.2, 0.25) is 5.67 Å². The van der Waals surface area contributed by atoms with Crippen LogP contribution in [0.4, 0.5) is 4.39 Å². The van der Waals surface area contributed by atoms with Crippen molar-refractivity contribution in [3.63, 3.8) is 0 Å². The average molecular weight is 476 g/mol. The Hall–Kier alpha value is -3.01. The van der Waals surface area contributed by atoms with E-state index < -0.39 is 11.6 Å². The summed E-state index contributed by atoms with van der Waals surface area (Å²) in [7, 11) is 0. The van der Waals surface area contributed by atoms with Crippen molar-refractivity contribution >= 4 is 5.97 Å². The van der Waals surface area contributed by atoms with Gasteiger partial charge in [0.25, 0.3) is 0 Å². The average Bonchev–Trinajstić information content (AvgIpc) is 2.87. The number of esters is 1. The minimum absolute atomic E-state index is 0.141. The SMILES string of the molecule is CCCCCCCCc1ccc(-c2ccccc2-c2ccc(OC(=O)C(C)(F)CCC)cc2)nc1. The maximum absolute atomic E-state index is 14.4. The standard InChI is InChI=1S/C31H38FNO2/c1-4-6-7-8-9-10-13-24-16-21-29(33-23-24)28-15-12-11-14-27(28)25-17-19-26(20-18-25)35-30(34)31(3,32)22-5-2/h11-12,14-21,23H,4-10,13,22H2,1-3H3. The molecule has 4 heteroatoms. The van der Waals surface area contributed by atoms with Crippen molar-refractivity contribution in [2.75, 3.05) is 0 Å². The number of ether oxygens (including phenoxy) is 1. The molecular weight excluding hydrogens is 437 g/mol. The monoisotopic (exact) mass is 475 g/mol. The van der Waals surface area contributed by atoms with Gasteiger partial charge in [0.1, 0.15) is 5.75 Å². The number of unbranched alkanes of at least 4 members (excludes halogenated alkanes) is 5. The van der Waals surface area contributed by atoms with Crippen LogP contribution in [0, 0.1) is 0 Å². The van der Waals surface area contributed by atoms with Gasteiger partial charge >= 0.3 is 5.97 Å². The van der Waals surface area contributed by atoms with Crippen molar-refractivity contribution in [1.82, 2.24) is 4.98 Å². The van der Waals surface area contributed by atoms with Gasteiger partial charge in [-0.2, -0.15) is 0 Å². The van der Waals surface area contributed by atoms with Crippen LogP contribution < -0.4 is 4.74 Å². The van der Waals surface area contributed by atoms with E-state index in [1.165, 1.54) is 51.0 Å². The lowest BCUT2D eigenvalue weighted by Gasteiger charge is -2.17. The van der Waals surface area contributed by atoms with E-state index in [4.69, 9.17) is 9.72 Å². The predicted octanol–water partition coefficient (Wildman–Crippen LogP) is 8.75. The highest BCUT2D eigenvalue weighted by molar-refractivity contribution is 5.83. The molecule has 1 aromatic heterocycles. The lowest BCUT2D eigenvalue weighted by molar-refractivity contribution is -0.147. The zero-order valence-electron chi connectivity index (χ0n) is 21.4. The fourth-order valence-electron chi connectivity index (χ4n) is 4.29. The van der Waals surface area contributed by atoms with Crippen LogP contribution in [0.2, 0.25) is 0 Å². The molecule has 0 N–H and O–H groups in total. The highest BCUT2D eigenvalue weighted by Gasteiger charge is 2.34. The Bertz CT molecular complexity index is 1060. The number of alkyl halides is 1. The van der Waals surface area contributed by atoms with Crippen LogP contribution in [0.15, 0.2) is 66.9 Å². The number of carbonyl (C=O) groups excluding carboxylic acids is 1. The Morgan fingerprint density at radius 3 is 2.20 bits per heavy atom. The Kier molecular flexibility index (Phi) is 10.0. The van der Waals surface area contributed by atoms with Gasteiger partial charge in [-0.1, -0.05) is 94.8 Å². The van der Waals surface area contributed by atoms with Gasteiger partial charge in [-0.05, 0) is 61.1 Å². The molecule has 3 rings (SSSR count). The van der Waals surface area contributed by atoms with Crippen LogP contribution >= 0.6 is 0 Å². The molecule has 0 bridgehead atoms. The first kappa shape index (κ1) is 26.6. The largest absolute Gasteiger partial charge is 0.424 e. The summed E-state index contributed by atoms with van der Waals surface area (Å²) < 4.78 is 19.7. The number of aryl methyl sites for hydroxylation is 1. The summed E-state index contributed by atoms with van der Waals surface area (Å²) in [6.45, 7) is 5.36. The zero-order valence-corrected chi connectivity index (χ0v) is 21.4. The minimum atomic E-state index is -1.98. The lowest BCUT2D eigenvalue weighted by Crippen LogP contribution is -2.34. The van der Waals surface area contributed by atoms with E-state index in [0.717, 1.165) is 28.8 Å². The van der Waals surface area contributed by atoms with Crippen LogP contribution in [0.3, 0.4) is 0 Å². The van der Waals surface area contributed by atoms with Crippen molar-refractivity contribution in [3.05, 3.63) is 72.4 Å². The number of carbonyl (C=O) groups is 1. The van der Waals surface area contributed by atoms with E-state index in [1.807, 2.05) is 37.4 Å². The van der Waals surface area contributed by atoms with Gasteiger partial charge in [0.05, 0.1) is 5.69 Å². The van der Waals surface area contributed by atoms with Gasteiger partial charge < -0.3 is 4.74 Å². The molecule has 0 fully saturated rings. The smallest absolute Gasteiger partial charge is 0.348 e. The van der Waals surface area contributed by atoms with Crippen molar-refractivity contribution in [1.29, 1.82) is 0 Å². The summed E-state index contributed by atoms with van der Waals surface area (Å²) in [6.07, 6.45) is 11.5. The number of aromatic nitrogens is 1. The first-order valence-electron chi connectivity index (χ1n) is 13.0. The lowest BCUT2D eigenvalue weighted by atomic mass is 9.97. The van der Waals surface area contributed by atoms with Crippen LogP contribution in [0.25, 0.3) is 22.4 Å². The number of rotatable bonds is 13. The topological polar surface area (TPSA) is 39.2 Å². The molecule has 186 valence electrons. The van der Waals surface area contributed by atoms with Crippen LogP contribution in [-0.2, 0) is 11.2 Å². The van der Waals surface area contributed by atoms with E-state index in [-0.39, 0.29) is 6.42 Å². The molecule has 3 nitrogen and oxygen atoms in total. The van der Waals surface area contributed by atoms with Crippen molar-refractivity contribution in [2.45, 2.75) is 84.2 Å². The molecule has 2 aromatic carbocycles. The normalized spacial score (nSPS) is 12.8. The number of hydrogen-bond acceptors (Lipinski definition) is 3. The van der Waals surface area contributed by atoms with Gasteiger partial charge in [-0.3, -0.25) is 4.98 Å². The maximum Gasteiger partial charge on any atom is 0.348 e. The number of nitrogens with zero attached hydrogens (tertiary/aromatic N) is 1. The van der Waals surface area contributed by atoms with E-state index in [9.17, 15) is 9.18 Å². The van der Waals surface area contributed by atoms with E-state index >= 15 is 0 Å². The quantitative estimate of drug-likeness (QED) is 0.141. The van der Waals surface area contributed by atoms with E-state index in [0.29, 0.717) is 12.2 Å². The number of hydrogen-bond donors (Lipinski definition) is 0. The highest BCUT2D eigenvalue weighted by Crippen LogP contribution is 2.32. The maximum atomic E-state index is 14.4. The molecule has 1 unspecified atom stereocenters. The third kappa shape index (κ3) is 7.74. The molecule has 0 aliphatic heterocycles. The molecule has 0 spiro atoms. The molecule has 0 radical (unpaired) electrons. The van der Waals surface area contributed by atoms with Crippen LogP contribution in [0.5, 0.6) is 5.75 Å². The highest BCUT2D eigenvalue weighted by atomic mass is 19.1. The Labute approximate surface area is 209 Å². The molecule has 0 aliphatic rings. The molecule has 1 atom stereocenters. The van der Waals surface area contributed by atoms with Gasteiger partial charge in [-0.25, -0.2) is 9.18 Å². The van der Waals surface area contributed by atoms with Gasteiger partial charge in [0, 0.05) is 11.8 Å². The number of halogens is 1. The van der Waals surface area contributed by atoms with Crippen molar-refractivity contribution < 1.29 is 13.9 Å². The molecule has 0 saturated carbocycles. The minimum Gasteiger partial charge on any atom is -0.424 e. The summed E-state index contributed by atoms with van der Waals surface area (Å²) >= 11 is 0. The van der Waals surface area contributed by atoms with Crippen LogP contribution in [-0.4, -0.2) is 16.6 Å². The molecule has 3 aromatic rings. The summed E-state index contributed by atoms with van der Waals surface area (Å²) in [6, 6.07) is 19.6. The second kappa shape index (κ2) is 13.2. The molecule has 1 heterocycles.